The van der Waals surface area contributed by atoms with Gasteiger partial charge in [-0.3, -0.25) is 0 Å². The first-order chi connectivity index (χ1) is 9.15. The standard InChI is InChI=1S/C14H23FN4/c1-4-10-6-7-12(9(10)3)18-13-11(15)8-17-14(19-13)16-5-2/h8-10,12H,4-7H2,1-3H3,(H2,16,17,18,19). The number of hydrogen-bond donors (Lipinski definition) is 2. The number of nitrogens with zero attached hydrogens (tertiary/aromatic N) is 2. The van der Waals surface area contributed by atoms with E-state index in [2.05, 4.69) is 34.4 Å². The van der Waals surface area contributed by atoms with Crippen LogP contribution in [0.5, 0.6) is 0 Å². The van der Waals surface area contributed by atoms with Crippen LogP contribution in [0.3, 0.4) is 0 Å². The highest BCUT2D eigenvalue weighted by Gasteiger charge is 2.32. The van der Waals surface area contributed by atoms with Gasteiger partial charge in [0.15, 0.2) is 11.6 Å². The summed E-state index contributed by atoms with van der Waals surface area (Å²) >= 11 is 0. The van der Waals surface area contributed by atoms with Crippen LogP contribution in [0.2, 0.25) is 0 Å². The van der Waals surface area contributed by atoms with Crippen molar-refractivity contribution >= 4 is 11.8 Å². The second-order valence-electron chi connectivity index (χ2n) is 5.28. The van der Waals surface area contributed by atoms with Crippen molar-refractivity contribution in [3.63, 3.8) is 0 Å². The molecule has 0 aliphatic heterocycles. The lowest BCUT2D eigenvalue weighted by Gasteiger charge is -2.21. The molecule has 1 heterocycles. The molecule has 3 unspecified atom stereocenters. The molecule has 3 atom stereocenters. The Morgan fingerprint density at radius 3 is 2.79 bits per heavy atom. The molecule has 0 amide bonds. The average molecular weight is 266 g/mol. The summed E-state index contributed by atoms with van der Waals surface area (Å²) in [6.07, 6.45) is 4.71. The van der Waals surface area contributed by atoms with E-state index in [1.165, 1.54) is 19.0 Å². The van der Waals surface area contributed by atoms with Crippen molar-refractivity contribution < 1.29 is 4.39 Å². The van der Waals surface area contributed by atoms with E-state index in [4.69, 9.17) is 0 Å². The molecule has 1 aromatic rings. The molecule has 0 radical (unpaired) electrons. The molecule has 1 fully saturated rings. The highest BCUT2D eigenvalue weighted by atomic mass is 19.1. The summed E-state index contributed by atoms with van der Waals surface area (Å²) in [5, 5.41) is 6.26. The Morgan fingerprint density at radius 2 is 2.16 bits per heavy atom. The average Bonchev–Trinajstić information content (AvgIpc) is 2.75. The quantitative estimate of drug-likeness (QED) is 0.858. The van der Waals surface area contributed by atoms with E-state index in [0.717, 1.165) is 18.9 Å². The van der Waals surface area contributed by atoms with Crippen molar-refractivity contribution in [1.29, 1.82) is 0 Å². The first-order valence-corrected chi connectivity index (χ1v) is 7.18. The summed E-state index contributed by atoms with van der Waals surface area (Å²) in [6, 6.07) is 0.309. The van der Waals surface area contributed by atoms with E-state index >= 15 is 0 Å². The van der Waals surface area contributed by atoms with E-state index in [1.807, 2.05) is 6.92 Å². The zero-order valence-electron chi connectivity index (χ0n) is 11.9. The van der Waals surface area contributed by atoms with Crippen molar-refractivity contribution in [2.75, 3.05) is 17.2 Å². The SMILES string of the molecule is CCNc1ncc(F)c(NC2CCC(CC)C2C)n1. The van der Waals surface area contributed by atoms with Gasteiger partial charge in [-0.15, -0.1) is 0 Å². The lowest BCUT2D eigenvalue weighted by Crippen LogP contribution is -2.26. The maximum absolute atomic E-state index is 13.8. The predicted molar refractivity (Wildman–Crippen MR) is 75.7 cm³/mol. The van der Waals surface area contributed by atoms with Gasteiger partial charge in [-0.25, -0.2) is 9.37 Å². The first-order valence-electron chi connectivity index (χ1n) is 7.18. The largest absolute Gasteiger partial charge is 0.364 e. The molecule has 2 N–H and O–H groups in total. The molecule has 0 spiro atoms. The van der Waals surface area contributed by atoms with Crippen LogP contribution in [0, 0.1) is 17.7 Å². The summed E-state index contributed by atoms with van der Waals surface area (Å²) < 4.78 is 13.8. The summed E-state index contributed by atoms with van der Waals surface area (Å²) in [4.78, 5) is 8.12. The van der Waals surface area contributed by atoms with Gasteiger partial charge in [0.1, 0.15) is 0 Å². The molecular formula is C14H23FN4. The van der Waals surface area contributed by atoms with Gasteiger partial charge in [-0.2, -0.15) is 4.98 Å². The molecule has 1 aromatic heterocycles. The second kappa shape index (κ2) is 6.17. The monoisotopic (exact) mass is 266 g/mol. The maximum Gasteiger partial charge on any atom is 0.224 e. The molecule has 0 bridgehead atoms. The van der Waals surface area contributed by atoms with Crippen LogP contribution < -0.4 is 10.6 Å². The second-order valence-corrected chi connectivity index (χ2v) is 5.28. The normalized spacial score (nSPS) is 26.4. The highest BCUT2D eigenvalue weighted by molar-refractivity contribution is 5.42. The number of halogens is 1. The third-order valence-electron chi connectivity index (χ3n) is 4.15. The lowest BCUT2D eigenvalue weighted by atomic mass is 9.93. The van der Waals surface area contributed by atoms with Crippen molar-refractivity contribution in [1.82, 2.24) is 9.97 Å². The third kappa shape index (κ3) is 3.14. The Morgan fingerprint density at radius 1 is 1.37 bits per heavy atom. The lowest BCUT2D eigenvalue weighted by molar-refractivity contribution is 0.391. The van der Waals surface area contributed by atoms with E-state index in [9.17, 15) is 4.39 Å². The van der Waals surface area contributed by atoms with Gasteiger partial charge >= 0.3 is 0 Å². The Hall–Kier alpha value is -1.39. The number of nitrogens with one attached hydrogen (secondary N) is 2. The van der Waals surface area contributed by atoms with Gasteiger partial charge in [0, 0.05) is 12.6 Å². The predicted octanol–water partition coefficient (Wildman–Crippen LogP) is 3.28. The van der Waals surface area contributed by atoms with Gasteiger partial charge in [0.2, 0.25) is 5.95 Å². The van der Waals surface area contributed by atoms with Gasteiger partial charge in [0.05, 0.1) is 6.20 Å². The van der Waals surface area contributed by atoms with Crippen molar-refractivity contribution in [2.45, 2.75) is 46.1 Å². The molecule has 2 rings (SSSR count). The molecule has 1 saturated carbocycles. The summed E-state index contributed by atoms with van der Waals surface area (Å²) in [5.41, 5.74) is 0. The summed E-state index contributed by atoms with van der Waals surface area (Å²) in [6.45, 7) is 7.15. The van der Waals surface area contributed by atoms with Crippen LogP contribution in [0.25, 0.3) is 0 Å². The molecule has 1 aliphatic carbocycles. The Bertz CT molecular complexity index is 424. The number of rotatable bonds is 5. The van der Waals surface area contributed by atoms with Crippen molar-refractivity contribution in [3.8, 4) is 0 Å². The fourth-order valence-corrected chi connectivity index (χ4v) is 2.91. The third-order valence-corrected chi connectivity index (χ3v) is 4.15. The van der Waals surface area contributed by atoms with Crippen LogP contribution in [0.1, 0.15) is 40.0 Å². The van der Waals surface area contributed by atoms with Crippen LogP contribution >= 0.6 is 0 Å². The zero-order chi connectivity index (χ0) is 13.8. The van der Waals surface area contributed by atoms with E-state index in [0.29, 0.717) is 23.7 Å². The first kappa shape index (κ1) is 14.0. The van der Waals surface area contributed by atoms with Gasteiger partial charge in [-0.1, -0.05) is 20.3 Å². The summed E-state index contributed by atoms with van der Waals surface area (Å²) in [5.74, 6) is 1.70. The van der Waals surface area contributed by atoms with Crippen LogP contribution in [0.4, 0.5) is 16.2 Å². The zero-order valence-corrected chi connectivity index (χ0v) is 11.9. The molecule has 19 heavy (non-hydrogen) atoms. The van der Waals surface area contributed by atoms with Gasteiger partial charge in [-0.05, 0) is 31.6 Å². The molecule has 5 heteroatoms. The van der Waals surface area contributed by atoms with Crippen LogP contribution in [-0.2, 0) is 0 Å². The number of anilines is 2. The minimum Gasteiger partial charge on any atom is -0.364 e. The smallest absolute Gasteiger partial charge is 0.224 e. The Kier molecular flexibility index (Phi) is 4.56. The minimum absolute atomic E-state index is 0.309. The van der Waals surface area contributed by atoms with Crippen molar-refractivity contribution in [2.24, 2.45) is 11.8 Å². The summed E-state index contributed by atoms with van der Waals surface area (Å²) in [7, 11) is 0. The Balaban J connectivity index is 2.08. The van der Waals surface area contributed by atoms with E-state index in [1.54, 1.807) is 0 Å². The van der Waals surface area contributed by atoms with E-state index in [-0.39, 0.29) is 5.82 Å². The maximum atomic E-state index is 13.8. The van der Waals surface area contributed by atoms with Gasteiger partial charge < -0.3 is 10.6 Å². The number of aromatic nitrogens is 2. The molecule has 4 nitrogen and oxygen atoms in total. The van der Waals surface area contributed by atoms with Crippen LogP contribution in [0.15, 0.2) is 6.20 Å². The molecule has 106 valence electrons. The van der Waals surface area contributed by atoms with Crippen molar-refractivity contribution in [3.05, 3.63) is 12.0 Å². The number of hydrogen-bond acceptors (Lipinski definition) is 4. The fourth-order valence-electron chi connectivity index (χ4n) is 2.91. The molecule has 0 aromatic carbocycles. The van der Waals surface area contributed by atoms with Gasteiger partial charge in [0.25, 0.3) is 0 Å². The topological polar surface area (TPSA) is 49.8 Å². The van der Waals surface area contributed by atoms with E-state index < -0.39 is 0 Å². The molecule has 0 saturated heterocycles. The molecular weight excluding hydrogens is 243 g/mol. The minimum atomic E-state index is -0.381. The Labute approximate surface area is 114 Å². The van der Waals surface area contributed by atoms with Crippen LogP contribution in [-0.4, -0.2) is 22.6 Å². The molecule has 1 aliphatic rings. The fraction of sp³-hybridized carbons (Fsp3) is 0.714. The highest BCUT2D eigenvalue weighted by Crippen LogP contribution is 2.35.